The van der Waals surface area contributed by atoms with E-state index in [0.717, 1.165) is 22.8 Å². The van der Waals surface area contributed by atoms with Crippen LogP contribution in [-0.4, -0.2) is 4.98 Å². The van der Waals surface area contributed by atoms with Crippen LogP contribution in [0, 0.1) is 0 Å². The normalized spacial score (nSPS) is 14.6. The monoisotopic (exact) mass is 457 g/mol. The third kappa shape index (κ3) is 1.97. The number of benzene rings is 5. The maximum absolute atomic E-state index is 6.41. The average Bonchev–Trinajstić information content (AvgIpc) is 3.41. The van der Waals surface area contributed by atoms with Crippen molar-refractivity contribution in [2.24, 2.45) is 0 Å². The molecule has 0 unspecified atom stereocenters. The maximum Gasteiger partial charge on any atom is 0.135 e. The Morgan fingerprint density at radius 2 is 1.19 bits per heavy atom. The van der Waals surface area contributed by atoms with Crippen LogP contribution in [0.2, 0.25) is 0 Å². The molecule has 0 saturated carbocycles. The molecule has 5 aromatic carbocycles. The molecule has 166 valence electrons. The van der Waals surface area contributed by atoms with Crippen molar-refractivity contribution in [2.75, 3.05) is 0 Å². The molecule has 36 heavy (non-hydrogen) atoms. The van der Waals surface area contributed by atoms with E-state index in [4.69, 9.17) is 9.72 Å². The van der Waals surface area contributed by atoms with Gasteiger partial charge < -0.3 is 4.74 Å². The standard InChI is InChI=1S/C34H19NO/c1-4-14-26-20(9-1)21-10-2-5-15-27(21)34(26)28-19-25-22-11-3-6-16-29(22)36-30-17-7-12-23(32(25)30)31(28)24-13-8-18-35-33(24)34/h1-19H. The highest BCUT2D eigenvalue weighted by atomic mass is 16.5. The Kier molecular flexibility index (Phi) is 3.26. The summed E-state index contributed by atoms with van der Waals surface area (Å²) in [5.41, 5.74) is 12.0. The van der Waals surface area contributed by atoms with Gasteiger partial charge in [0.15, 0.2) is 0 Å². The Hall–Kier alpha value is -4.69. The van der Waals surface area contributed by atoms with Crippen molar-refractivity contribution in [1.82, 2.24) is 4.98 Å². The lowest BCUT2D eigenvalue weighted by Gasteiger charge is -2.30. The number of rotatable bonds is 0. The molecule has 0 atom stereocenters. The lowest BCUT2D eigenvalue weighted by atomic mass is 9.71. The fourth-order valence-corrected chi connectivity index (χ4v) is 7.04. The molecule has 9 rings (SSSR count). The van der Waals surface area contributed by atoms with Crippen LogP contribution < -0.4 is 4.74 Å². The summed E-state index contributed by atoms with van der Waals surface area (Å²) < 4.78 is 6.41. The highest BCUT2D eigenvalue weighted by molar-refractivity contribution is 6.14. The molecule has 2 nitrogen and oxygen atoms in total. The van der Waals surface area contributed by atoms with Crippen molar-refractivity contribution < 1.29 is 4.74 Å². The van der Waals surface area contributed by atoms with E-state index in [-0.39, 0.29) is 0 Å². The van der Waals surface area contributed by atoms with Crippen molar-refractivity contribution in [3.63, 3.8) is 0 Å². The number of fused-ring (bicyclic) bond motifs is 13. The third-order valence-electron chi connectivity index (χ3n) is 8.31. The van der Waals surface area contributed by atoms with Crippen molar-refractivity contribution in [2.45, 2.75) is 5.41 Å². The van der Waals surface area contributed by atoms with E-state index in [9.17, 15) is 0 Å². The van der Waals surface area contributed by atoms with Gasteiger partial charge >= 0.3 is 0 Å². The van der Waals surface area contributed by atoms with Crippen LogP contribution in [0.25, 0.3) is 44.2 Å². The number of para-hydroxylation sites is 1. The molecule has 2 heteroatoms. The Morgan fingerprint density at radius 1 is 0.528 bits per heavy atom. The fourth-order valence-electron chi connectivity index (χ4n) is 7.04. The van der Waals surface area contributed by atoms with Gasteiger partial charge in [-0.25, -0.2) is 0 Å². The second-order valence-corrected chi connectivity index (χ2v) is 9.86. The summed E-state index contributed by atoms with van der Waals surface area (Å²) in [5.74, 6) is 1.83. The van der Waals surface area contributed by atoms with Gasteiger partial charge in [-0.2, -0.15) is 0 Å². The van der Waals surface area contributed by atoms with Gasteiger partial charge in [0.1, 0.15) is 11.5 Å². The van der Waals surface area contributed by atoms with Crippen molar-refractivity contribution in [3.05, 3.63) is 138 Å². The Morgan fingerprint density at radius 3 is 2.00 bits per heavy atom. The largest absolute Gasteiger partial charge is 0.456 e. The summed E-state index contributed by atoms with van der Waals surface area (Å²) in [6.07, 6.45) is 1.95. The lowest BCUT2D eigenvalue weighted by Crippen LogP contribution is -2.27. The van der Waals surface area contributed by atoms with Gasteiger partial charge in [0.05, 0.1) is 11.1 Å². The molecule has 1 spiro atoms. The molecule has 2 aliphatic carbocycles. The number of aromatic nitrogens is 1. The summed E-state index contributed by atoms with van der Waals surface area (Å²) in [7, 11) is 0. The van der Waals surface area contributed by atoms with E-state index in [2.05, 4.69) is 103 Å². The molecule has 0 radical (unpaired) electrons. The van der Waals surface area contributed by atoms with Gasteiger partial charge in [-0.3, -0.25) is 4.98 Å². The lowest BCUT2D eigenvalue weighted by molar-refractivity contribution is 0.487. The first kappa shape index (κ1) is 18.6. The van der Waals surface area contributed by atoms with Crippen molar-refractivity contribution in [3.8, 4) is 44.9 Å². The van der Waals surface area contributed by atoms with Crippen LogP contribution >= 0.6 is 0 Å². The van der Waals surface area contributed by atoms with Crippen LogP contribution in [0.5, 0.6) is 11.5 Å². The second kappa shape index (κ2) is 6.30. The molecular formula is C34H19NO. The Balaban J connectivity index is 1.54. The molecule has 0 amide bonds. The van der Waals surface area contributed by atoms with E-state index >= 15 is 0 Å². The minimum Gasteiger partial charge on any atom is -0.456 e. The number of ether oxygens (including phenoxy) is 1. The van der Waals surface area contributed by atoms with Gasteiger partial charge in [-0.15, -0.1) is 0 Å². The molecule has 0 N–H and O–H groups in total. The zero-order valence-electron chi connectivity index (χ0n) is 19.3. The van der Waals surface area contributed by atoms with E-state index in [0.29, 0.717) is 0 Å². The molecule has 1 aromatic heterocycles. The number of nitrogens with zero attached hydrogens (tertiary/aromatic N) is 1. The second-order valence-electron chi connectivity index (χ2n) is 9.86. The van der Waals surface area contributed by atoms with E-state index in [1.165, 1.54) is 55.3 Å². The minimum absolute atomic E-state index is 0.451. The molecule has 3 aliphatic rings. The number of hydrogen-bond donors (Lipinski definition) is 0. The van der Waals surface area contributed by atoms with Crippen LogP contribution in [-0.2, 0) is 5.41 Å². The van der Waals surface area contributed by atoms with E-state index < -0.39 is 5.41 Å². The number of hydrogen-bond acceptors (Lipinski definition) is 2. The average molecular weight is 458 g/mol. The highest BCUT2D eigenvalue weighted by Crippen LogP contribution is 2.64. The van der Waals surface area contributed by atoms with E-state index in [1.807, 2.05) is 12.3 Å². The minimum atomic E-state index is -0.451. The molecule has 6 aromatic rings. The Labute approximate surface area is 208 Å². The summed E-state index contributed by atoms with van der Waals surface area (Å²) >= 11 is 0. The maximum atomic E-state index is 6.41. The van der Waals surface area contributed by atoms with Crippen LogP contribution in [0.1, 0.15) is 22.4 Å². The molecular weight excluding hydrogens is 438 g/mol. The van der Waals surface area contributed by atoms with Gasteiger partial charge in [0.2, 0.25) is 0 Å². The summed E-state index contributed by atoms with van der Waals surface area (Å²) in [5, 5.41) is 2.41. The first-order chi connectivity index (χ1) is 17.9. The molecule has 0 saturated heterocycles. The van der Waals surface area contributed by atoms with Crippen LogP contribution in [0.3, 0.4) is 0 Å². The van der Waals surface area contributed by atoms with Gasteiger partial charge in [-0.1, -0.05) is 84.9 Å². The zero-order valence-corrected chi connectivity index (χ0v) is 19.3. The smallest absolute Gasteiger partial charge is 0.135 e. The first-order valence-electron chi connectivity index (χ1n) is 12.4. The van der Waals surface area contributed by atoms with Crippen molar-refractivity contribution in [1.29, 1.82) is 0 Å². The quantitative estimate of drug-likeness (QED) is 0.228. The van der Waals surface area contributed by atoms with Gasteiger partial charge in [0, 0.05) is 22.7 Å². The van der Waals surface area contributed by atoms with Gasteiger partial charge in [-0.05, 0) is 68.6 Å². The van der Waals surface area contributed by atoms with E-state index in [1.54, 1.807) is 0 Å². The zero-order chi connectivity index (χ0) is 23.4. The fraction of sp³-hybridized carbons (Fsp3) is 0.0294. The SMILES string of the molecule is c1ccc2c(c1)Oc1cccc3c4c(cc-2c13)C1(c2ccccc2-c2ccccc21)c1ncccc1-4. The third-order valence-corrected chi connectivity index (χ3v) is 8.31. The summed E-state index contributed by atoms with van der Waals surface area (Å²) in [6, 6.07) is 39.3. The van der Waals surface area contributed by atoms with Crippen LogP contribution in [0.15, 0.2) is 115 Å². The molecule has 0 bridgehead atoms. The topological polar surface area (TPSA) is 22.1 Å². The Bertz CT molecular complexity index is 1890. The van der Waals surface area contributed by atoms with Gasteiger partial charge in [0.25, 0.3) is 0 Å². The predicted octanol–water partition coefficient (Wildman–Crippen LogP) is 8.35. The predicted molar refractivity (Wildman–Crippen MR) is 144 cm³/mol. The molecule has 0 fully saturated rings. The highest BCUT2D eigenvalue weighted by Gasteiger charge is 2.53. The molecule has 1 aliphatic heterocycles. The molecule has 2 heterocycles. The summed E-state index contributed by atoms with van der Waals surface area (Å²) in [4.78, 5) is 5.12. The van der Waals surface area contributed by atoms with Crippen LogP contribution in [0.4, 0.5) is 0 Å². The van der Waals surface area contributed by atoms with Crippen molar-refractivity contribution >= 4 is 10.8 Å². The number of pyridine rings is 1. The summed E-state index contributed by atoms with van der Waals surface area (Å²) in [6.45, 7) is 0. The first-order valence-corrected chi connectivity index (χ1v) is 12.4.